The van der Waals surface area contributed by atoms with Crippen molar-refractivity contribution >= 4 is 21.6 Å². The first-order chi connectivity index (χ1) is 8.20. The lowest BCUT2D eigenvalue weighted by Gasteiger charge is -2.19. The van der Waals surface area contributed by atoms with Gasteiger partial charge < -0.3 is 9.30 Å². The molecular weight excluding hydrogens is 304 g/mol. The monoisotopic (exact) mass is 318 g/mol. The zero-order valence-electron chi connectivity index (χ0n) is 10.5. The Bertz CT molecular complexity index is 505. The molecule has 18 heavy (non-hydrogen) atoms. The highest BCUT2D eigenvalue weighted by atomic mass is 79.9. The molecule has 0 atom stereocenters. The number of hydrogen-bond donors (Lipinski definition) is 0. The minimum Gasteiger partial charge on any atom is -0.374 e. The molecule has 0 N–H and O–H groups in total. The molecule has 0 unspecified atom stereocenters. The molecule has 0 radical (unpaired) electrons. The molecule has 1 aromatic heterocycles. The molecule has 0 saturated carbocycles. The van der Waals surface area contributed by atoms with Gasteiger partial charge in [-0.1, -0.05) is 0 Å². The molecule has 0 bridgehead atoms. The van der Waals surface area contributed by atoms with Crippen LogP contribution < -0.4 is 5.56 Å². The summed E-state index contributed by atoms with van der Waals surface area (Å²) >= 11 is 3.14. The van der Waals surface area contributed by atoms with Gasteiger partial charge in [-0.15, -0.1) is 0 Å². The van der Waals surface area contributed by atoms with Crippen molar-refractivity contribution in [3.05, 3.63) is 37.2 Å². The van der Waals surface area contributed by atoms with Crippen LogP contribution in [0.25, 0.3) is 0 Å². The number of aromatic nitrogens is 1. The van der Waals surface area contributed by atoms with Crippen LogP contribution in [-0.4, -0.2) is 21.7 Å². The molecule has 0 aliphatic heterocycles. The molecule has 0 aromatic carbocycles. The highest BCUT2D eigenvalue weighted by Crippen LogP contribution is 2.14. The second-order valence-corrected chi connectivity index (χ2v) is 5.68. The lowest BCUT2D eigenvalue weighted by molar-refractivity contribution is -0.386. The summed E-state index contributed by atoms with van der Waals surface area (Å²) in [4.78, 5) is 21.8. The fraction of sp³-hybridized carbons (Fsp3) is 0.545. The lowest BCUT2D eigenvalue weighted by atomic mass is 10.2. The summed E-state index contributed by atoms with van der Waals surface area (Å²) in [5.74, 6) is 0. The van der Waals surface area contributed by atoms with Crippen molar-refractivity contribution in [1.29, 1.82) is 0 Å². The summed E-state index contributed by atoms with van der Waals surface area (Å²) in [7, 11) is 0. The molecule has 100 valence electrons. The Labute approximate surface area is 113 Å². The predicted octanol–water partition coefficient (Wildman–Crippen LogP) is 2.33. The van der Waals surface area contributed by atoms with Crippen LogP contribution in [0, 0.1) is 10.1 Å². The first-order valence-electron chi connectivity index (χ1n) is 5.39. The van der Waals surface area contributed by atoms with Crippen molar-refractivity contribution < 1.29 is 9.66 Å². The average Bonchev–Trinajstić information content (AvgIpc) is 2.20. The van der Waals surface area contributed by atoms with E-state index in [9.17, 15) is 14.9 Å². The van der Waals surface area contributed by atoms with E-state index in [4.69, 9.17) is 4.74 Å². The van der Waals surface area contributed by atoms with E-state index in [0.29, 0.717) is 11.1 Å². The number of nitrogens with zero attached hydrogens (tertiary/aromatic N) is 2. The molecular formula is C11H15BrN2O4. The van der Waals surface area contributed by atoms with Gasteiger partial charge in [0.25, 0.3) is 0 Å². The SMILES string of the molecule is CC(C)(C)OCCn1cc(Br)cc([N+](=O)[O-])c1=O. The standard InChI is InChI=1S/C11H15BrN2O4/c1-11(2,3)18-5-4-13-7-8(12)6-9(10(13)15)14(16)17/h6-7H,4-5H2,1-3H3. The maximum Gasteiger partial charge on any atom is 0.335 e. The maximum atomic E-state index is 11.8. The number of pyridine rings is 1. The fourth-order valence-corrected chi connectivity index (χ4v) is 1.80. The molecule has 0 aliphatic rings. The fourth-order valence-electron chi connectivity index (χ4n) is 1.33. The zero-order valence-corrected chi connectivity index (χ0v) is 12.1. The van der Waals surface area contributed by atoms with E-state index in [1.165, 1.54) is 16.8 Å². The van der Waals surface area contributed by atoms with Gasteiger partial charge in [-0.2, -0.15) is 0 Å². The van der Waals surface area contributed by atoms with Crippen LogP contribution in [0.15, 0.2) is 21.5 Å². The smallest absolute Gasteiger partial charge is 0.335 e. The summed E-state index contributed by atoms with van der Waals surface area (Å²) in [5.41, 5.74) is -1.37. The van der Waals surface area contributed by atoms with Gasteiger partial charge in [-0.05, 0) is 36.7 Å². The molecule has 0 aliphatic carbocycles. The molecule has 0 fully saturated rings. The Balaban J connectivity index is 2.90. The maximum absolute atomic E-state index is 11.8. The van der Waals surface area contributed by atoms with Crippen molar-refractivity contribution in [2.45, 2.75) is 32.9 Å². The van der Waals surface area contributed by atoms with Crippen LogP contribution in [0.3, 0.4) is 0 Å². The quantitative estimate of drug-likeness (QED) is 0.630. The molecule has 1 aromatic rings. The Morgan fingerprint density at radius 1 is 1.50 bits per heavy atom. The first kappa shape index (κ1) is 14.8. The van der Waals surface area contributed by atoms with Crippen molar-refractivity contribution in [3.63, 3.8) is 0 Å². The lowest BCUT2D eigenvalue weighted by Crippen LogP contribution is -2.27. The topological polar surface area (TPSA) is 74.4 Å². The molecule has 1 heterocycles. The third-order valence-corrected chi connectivity index (χ3v) is 2.53. The van der Waals surface area contributed by atoms with E-state index in [0.717, 1.165) is 0 Å². The normalized spacial score (nSPS) is 11.6. The van der Waals surface area contributed by atoms with Crippen LogP contribution in [0.5, 0.6) is 0 Å². The highest BCUT2D eigenvalue weighted by Gasteiger charge is 2.16. The number of rotatable bonds is 4. The van der Waals surface area contributed by atoms with Crippen molar-refractivity contribution in [1.82, 2.24) is 4.57 Å². The third-order valence-electron chi connectivity index (χ3n) is 2.10. The number of hydrogen-bond acceptors (Lipinski definition) is 4. The van der Waals surface area contributed by atoms with E-state index in [2.05, 4.69) is 15.9 Å². The average molecular weight is 319 g/mol. The van der Waals surface area contributed by atoms with Gasteiger partial charge in [0.05, 0.1) is 17.1 Å². The van der Waals surface area contributed by atoms with Crippen molar-refractivity contribution in [3.8, 4) is 0 Å². The summed E-state index contributed by atoms with van der Waals surface area (Å²) < 4.78 is 7.25. The first-order valence-corrected chi connectivity index (χ1v) is 6.18. The number of halogens is 1. The largest absolute Gasteiger partial charge is 0.374 e. The second-order valence-electron chi connectivity index (χ2n) is 4.76. The summed E-state index contributed by atoms with van der Waals surface area (Å²) in [6.07, 6.45) is 1.52. The van der Waals surface area contributed by atoms with Crippen molar-refractivity contribution in [2.75, 3.05) is 6.61 Å². The molecule has 0 spiro atoms. The van der Waals surface area contributed by atoms with Gasteiger partial charge in [0, 0.05) is 23.3 Å². The van der Waals surface area contributed by atoms with Gasteiger partial charge in [0.2, 0.25) is 0 Å². The molecule has 6 nitrogen and oxygen atoms in total. The summed E-state index contributed by atoms with van der Waals surface area (Å²) in [6.45, 7) is 6.30. The van der Waals surface area contributed by atoms with Crippen LogP contribution in [0.4, 0.5) is 5.69 Å². The van der Waals surface area contributed by atoms with Crippen molar-refractivity contribution in [2.24, 2.45) is 0 Å². The molecule has 1 rings (SSSR count). The van der Waals surface area contributed by atoms with E-state index in [1.807, 2.05) is 20.8 Å². The zero-order chi connectivity index (χ0) is 13.9. The highest BCUT2D eigenvalue weighted by molar-refractivity contribution is 9.10. The van der Waals surface area contributed by atoms with E-state index >= 15 is 0 Å². The Morgan fingerprint density at radius 3 is 2.61 bits per heavy atom. The van der Waals surface area contributed by atoms with E-state index in [1.54, 1.807) is 0 Å². The number of nitro groups is 1. The predicted molar refractivity (Wildman–Crippen MR) is 70.8 cm³/mol. The minimum absolute atomic E-state index is 0.274. The van der Waals surface area contributed by atoms with E-state index < -0.39 is 16.2 Å². The summed E-state index contributed by atoms with van der Waals surface area (Å²) in [6, 6.07) is 1.20. The molecule has 0 amide bonds. The Morgan fingerprint density at radius 2 is 2.11 bits per heavy atom. The second kappa shape index (κ2) is 5.62. The van der Waals surface area contributed by atoms with Crippen LogP contribution >= 0.6 is 15.9 Å². The Hall–Kier alpha value is -1.21. The Kier molecular flexibility index (Phi) is 4.64. The van der Waals surface area contributed by atoms with Crippen LogP contribution in [-0.2, 0) is 11.3 Å². The minimum atomic E-state index is -0.686. The van der Waals surface area contributed by atoms with Crippen LogP contribution in [0.2, 0.25) is 0 Å². The van der Waals surface area contributed by atoms with Gasteiger partial charge >= 0.3 is 11.2 Å². The van der Waals surface area contributed by atoms with Gasteiger partial charge in [0.15, 0.2) is 0 Å². The number of ether oxygens (including phenoxy) is 1. The van der Waals surface area contributed by atoms with Gasteiger partial charge in [-0.25, -0.2) is 0 Å². The van der Waals surface area contributed by atoms with Gasteiger partial charge in [-0.3, -0.25) is 14.9 Å². The van der Waals surface area contributed by atoms with Gasteiger partial charge in [0.1, 0.15) is 0 Å². The molecule has 7 heteroatoms. The summed E-state index contributed by atoms with van der Waals surface area (Å²) in [5, 5.41) is 10.7. The molecule has 0 saturated heterocycles. The van der Waals surface area contributed by atoms with Crippen LogP contribution in [0.1, 0.15) is 20.8 Å². The third kappa shape index (κ3) is 4.23. The van der Waals surface area contributed by atoms with E-state index in [-0.39, 0.29) is 12.1 Å².